The van der Waals surface area contributed by atoms with E-state index in [1.807, 2.05) is 6.07 Å². The van der Waals surface area contributed by atoms with Crippen LogP contribution in [0.2, 0.25) is 0 Å². The Labute approximate surface area is 96.1 Å². The van der Waals surface area contributed by atoms with Gasteiger partial charge in [0.05, 0.1) is 7.11 Å². The minimum atomic E-state index is -0.344. The fraction of sp³-hybridized carbons (Fsp3) is 0.538. The fourth-order valence-corrected chi connectivity index (χ4v) is 1.94. The van der Waals surface area contributed by atoms with Crippen LogP contribution in [0, 0.1) is 11.7 Å². The standard InChI is InChI=1S/C13H19FO2/c1-9(2)11(6-7-15)10-4-5-13(16-3)12(14)8-10/h4-5,8-9,11,15H,6-7H2,1-3H3. The topological polar surface area (TPSA) is 29.5 Å². The van der Waals surface area contributed by atoms with Gasteiger partial charge < -0.3 is 9.84 Å². The van der Waals surface area contributed by atoms with Crippen LogP contribution < -0.4 is 4.74 Å². The highest BCUT2D eigenvalue weighted by Gasteiger charge is 2.16. The van der Waals surface area contributed by atoms with Crippen molar-refractivity contribution in [2.45, 2.75) is 26.2 Å². The van der Waals surface area contributed by atoms with E-state index in [0.717, 1.165) is 5.56 Å². The van der Waals surface area contributed by atoms with Crippen molar-refractivity contribution in [3.8, 4) is 5.75 Å². The quantitative estimate of drug-likeness (QED) is 0.836. The van der Waals surface area contributed by atoms with Crippen molar-refractivity contribution in [1.82, 2.24) is 0 Å². The number of aliphatic hydroxyl groups excluding tert-OH is 1. The van der Waals surface area contributed by atoms with Crippen molar-refractivity contribution >= 4 is 0 Å². The van der Waals surface area contributed by atoms with Crippen molar-refractivity contribution in [3.63, 3.8) is 0 Å². The van der Waals surface area contributed by atoms with E-state index in [-0.39, 0.29) is 24.1 Å². The van der Waals surface area contributed by atoms with E-state index in [4.69, 9.17) is 9.84 Å². The maximum absolute atomic E-state index is 13.5. The maximum Gasteiger partial charge on any atom is 0.165 e. The Balaban J connectivity index is 2.97. The van der Waals surface area contributed by atoms with Crippen LogP contribution >= 0.6 is 0 Å². The second kappa shape index (κ2) is 5.85. The van der Waals surface area contributed by atoms with Gasteiger partial charge in [0.15, 0.2) is 11.6 Å². The Morgan fingerprint density at radius 3 is 2.50 bits per heavy atom. The molecule has 0 fully saturated rings. The molecule has 0 saturated carbocycles. The molecule has 0 radical (unpaired) electrons. The molecule has 90 valence electrons. The SMILES string of the molecule is COc1ccc(C(CCO)C(C)C)cc1F. The zero-order valence-corrected chi connectivity index (χ0v) is 10.0. The van der Waals surface area contributed by atoms with E-state index in [2.05, 4.69) is 13.8 Å². The average Bonchev–Trinajstić information content (AvgIpc) is 2.25. The largest absolute Gasteiger partial charge is 0.494 e. The predicted molar refractivity (Wildman–Crippen MR) is 62.2 cm³/mol. The third kappa shape index (κ3) is 2.95. The van der Waals surface area contributed by atoms with Gasteiger partial charge in [-0.15, -0.1) is 0 Å². The summed E-state index contributed by atoms with van der Waals surface area (Å²) in [6.45, 7) is 4.27. The maximum atomic E-state index is 13.5. The molecule has 0 bridgehead atoms. The summed E-state index contributed by atoms with van der Waals surface area (Å²) in [5.74, 6) is 0.476. The Morgan fingerprint density at radius 1 is 1.38 bits per heavy atom. The van der Waals surface area contributed by atoms with Gasteiger partial charge in [0, 0.05) is 6.61 Å². The molecular weight excluding hydrogens is 207 g/mol. The van der Waals surface area contributed by atoms with Crippen LogP contribution in [-0.4, -0.2) is 18.8 Å². The summed E-state index contributed by atoms with van der Waals surface area (Å²) in [5.41, 5.74) is 0.919. The number of rotatable bonds is 5. The third-order valence-corrected chi connectivity index (χ3v) is 2.85. The number of ether oxygens (including phenoxy) is 1. The lowest BCUT2D eigenvalue weighted by molar-refractivity contribution is 0.261. The summed E-state index contributed by atoms with van der Waals surface area (Å²) in [6, 6.07) is 5.00. The lowest BCUT2D eigenvalue weighted by Crippen LogP contribution is -2.09. The highest BCUT2D eigenvalue weighted by molar-refractivity contribution is 5.31. The zero-order valence-electron chi connectivity index (χ0n) is 10.0. The van der Waals surface area contributed by atoms with Crippen molar-refractivity contribution in [2.75, 3.05) is 13.7 Å². The number of halogens is 1. The first kappa shape index (κ1) is 13.0. The fourth-order valence-electron chi connectivity index (χ4n) is 1.94. The number of methoxy groups -OCH3 is 1. The van der Waals surface area contributed by atoms with Gasteiger partial charge in [-0.2, -0.15) is 0 Å². The Kier molecular flexibility index (Phi) is 4.74. The molecule has 16 heavy (non-hydrogen) atoms. The molecule has 0 heterocycles. The molecule has 1 unspecified atom stereocenters. The first-order valence-corrected chi connectivity index (χ1v) is 5.54. The number of hydrogen-bond acceptors (Lipinski definition) is 2. The summed E-state index contributed by atoms with van der Waals surface area (Å²) in [4.78, 5) is 0. The molecule has 0 aliphatic heterocycles. The van der Waals surface area contributed by atoms with Crippen LogP contribution in [0.5, 0.6) is 5.75 Å². The third-order valence-electron chi connectivity index (χ3n) is 2.85. The minimum Gasteiger partial charge on any atom is -0.494 e. The van der Waals surface area contributed by atoms with E-state index >= 15 is 0 Å². The summed E-state index contributed by atoms with van der Waals surface area (Å²) in [5, 5.41) is 9.00. The van der Waals surface area contributed by atoms with Crippen LogP contribution in [0.1, 0.15) is 31.7 Å². The van der Waals surface area contributed by atoms with Crippen LogP contribution in [0.15, 0.2) is 18.2 Å². The van der Waals surface area contributed by atoms with Crippen molar-refractivity contribution < 1.29 is 14.2 Å². The molecular formula is C13H19FO2. The first-order valence-electron chi connectivity index (χ1n) is 5.54. The molecule has 1 aromatic carbocycles. The van der Waals surface area contributed by atoms with Crippen LogP contribution in [0.3, 0.4) is 0 Å². The highest BCUT2D eigenvalue weighted by atomic mass is 19.1. The van der Waals surface area contributed by atoms with Crippen molar-refractivity contribution in [1.29, 1.82) is 0 Å². The van der Waals surface area contributed by atoms with Gasteiger partial charge in [-0.25, -0.2) is 4.39 Å². The Hall–Kier alpha value is -1.09. The van der Waals surface area contributed by atoms with Crippen molar-refractivity contribution in [2.24, 2.45) is 5.92 Å². The summed E-state index contributed by atoms with van der Waals surface area (Å²) in [7, 11) is 1.45. The van der Waals surface area contributed by atoms with E-state index in [9.17, 15) is 4.39 Å². The van der Waals surface area contributed by atoms with Gasteiger partial charge in [0.25, 0.3) is 0 Å². The van der Waals surface area contributed by atoms with Crippen LogP contribution in [0.4, 0.5) is 4.39 Å². The summed E-state index contributed by atoms with van der Waals surface area (Å²) < 4.78 is 18.4. The molecule has 1 rings (SSSR count). The zero-order chi connectivity index (χ0) is 12.1. The van der Waals surface area contributed by atoms with Gasteiger partial charge in [0.1, 0.15) is 0 Å². The van der Waals surface area contributed by atoms with Gasteiger partial charge in [0.2, 0.25) is 0 Å². The van der Waals surface area contributed by atoms with Gasteiger partial charge in [-0.3, -0.25) is 0 Å². The lowest BCUT2D eigenvalue weighted by atomic mass is 9.86. The molecule has 0 spiro atoms. The lowest BCUT2D eigenvalue weighted by Gasteiger charge is -2.20. The summed E-state index contributed by atoms with van der Waals surface area (Å²) >= 11 is 0. The second-order valence-corrected chi connectivity index (χ2v) is 4.26. The molecule has 3 heteroatoms. The molecule has 2 nitrogen and oxygen atoms in total. The monoisotopic (exact) mass is 226 g/mol. The second-order valence-electron chi connectivity index (χ2n) is 4.26. The molecule has 1 atom stereocenters. The smallest absolute Gasteiger partial charge is 0.165 e. The average molecular weight is 226 g/mol. The predicted octanol–water partition coefficient (Wildman–Crippen LogP) is 2.96. The highest BCUT2D eigenvalue weighted by Crippen LogP contribution is 2.30. The normalized spacial score (nSPS) is 12.9. The number of benzene rings is 1. The van der Waals surface area contributed by atoms with Gasteiger partial charge >= 0.3 is 0 Å². The minimum absolute atomic E-state index is 0.122. The van der Waals surface area contributed by atoms with E-state index in [1.165, 1.54) is 13.2 Å². The molecule has 0 aromatic heterocycles. The molecule has 0 aliphatic rings. The first-order chi connectivity index (χ1) is 7.60. The van der Waals surface area contributed by atoms with Gasteiger partial charge in [-0.05, 0) is 36.0 Å². The Morgan fingerprint density at radius 2 is 2.06 bits per heavy atom. The van der Waals surface area contributed by atoms with E-state index < -0.39 is 0 Å². The van der Waals surface area contributed by atoms with E-state index in [1.54, 1.807) is 6.07 Å². The van der Waals surface area contributed by atoms with Crippen molar-refractivity contribution in [3.05, 3.63) is 29.6 Å². The molecule has 0 amide bonds. The number of aliphatic hydroxyl groups is 1. The molecule has 0 saturated heterocycles. The molecule has 0 aliphatic carbocycles. The number of hydrogen-bond donors (Lipinski definition) is 1. The summed E-state index contributed by atoms with van der Waals surface area (Å²) in [6.07, 6.45) is 0.656. The van der Waals surface area contributed by atoms with E-state index in [0.29, 0.717) is 12.3 Å². The molecule has 1 aromatic rings. The molecule has 1 N–H and O–H groups in total. The van der Waals surface area contributed by atoms with Gasteiger partial charge in [-0.1, -0.05) is 19.9 Å². The van der Waals surface area contributed by atoms with Crippen LogP contribution in [0.25, 0.3) is 0 Å². The Bertz CT molecular complexity index is 337. The van der Waals surface area contributed by atoms with Crippen LogP contribution in [-0.2, 0) is 0 Å².